The molecule has 0 bridgehead atoms. The summed E-state index contributed by atoms with van der Waals surface area (Å²) in [6.07, 6.45) is 1.58. The van der Waals surface area contributed by atoms with Gasteiger partial charge in [-0.3, -0.25) is 0 Å². The first-order valence-corrected chi connectivity index (χ1v) is 7.39. The van der Waals surface area contributed by atoms with Gasteiger partial charge < -0.3 is 4.74 Å². The first-order valence-electron chi connectivity index (χ1n) is 5.01. The molecule has 80 valence electrons. The molecule has 0 aromatic rings. The van der Waals surface area contributed by atoms with Crippen molar-refractivity contribution in [3.63, 3.8) is 0 Å². The predicted octanol–water partition coefficient (Wildman–Crippen LogP) is 4.18. The van der Waals surface area contributed by atoms with Gasteiger partial charge in [0.2, 0.25) is 0 Å². The van der Waals surface area contributed by atoms with Crippen LogP contribution in [0.3, 0.4) is 0 Å². The van der Waals surface area contributed by atoms with Gasteiger partial charge in [-0.1, -0.05) is 42.4 Å². The average Bonchev–Trinajstić information content (AvgIpc) is 2.02. The zero-order valence-corrected chi connectivity index (χ0v) is 11.0. The van der Waals surface area contributed by atoms with Gasteiger partial charge in [-0.2, -0.15) is 0 Å². The fourth-order valence-electron chi connectivity index (χ4n) is 0.758. The number of hydrogen-bond acceptors (Lipinski definition) is 3. The Morgan fingerprint density at radius 1 is 1.15 bits per heavy atom. The second-order valence-electron chi connectivity index (χ2n) is 3.72. The van der Waals surface area contributed by atoms with E-state index < -0.39 is 0 Å². The Balaban J connectivity index is 3.67. The molecule has 0 rings (SSSR count). The third kappa shape index (κ3) is 7.71. The van der Waals surface area contributed by atoms with E-state index in [1.807, 2.05) is 21.6 Å². The molecule has 0 aliphatic heterocycles. The summed E-state index contributed by atoms with van der Waals surface area (Å²) in [6.45, 7) is 10.8. The maximum Gasteiger partial charge on any atom is 0.115 e. The Morgan fingerprint density at radius 2 is 1.77 bits per heavy atom. The molecule has 0 radical (unpaired) electrons. The van der Waals surface area contributed by atoms with Crippen molar-refractivity contribution in [2.45, 2.75) is 52.6 Å². The molecule has 0 spiro atoms. The lowest BCUT2D eigenvalue weighted by molar-refractivity contribution is 0.0369. The molecular formula is C10H22OS2. The van der Waals surface area contributed by atoms with Gasteiger partial charge in [0, 0.05) is 5.75 Å². The van der Waals surface area contributed by atoms with E-state index in [0.717, 1.165) is 0 Å². The Morgan fingerprint density at radius 3 is 2.15 bits per heavy atom. The van der Waals surface area contributed by atoms with E-state index in [4.69, 9.17) is 4.74 Å². The van der Waals surface area contributed by atoms with E-state index in [1.54, 1.807) is 0 Å². The zero-order valence-electron chi connectivity index (χ0n) is 9.37. The van der Waals surface area contributed by atoms with E-state index in [-0.39, 0.29) is 0 Å². The molecule has 0 heterocycles. The van der Waals surface area contributed by atoms with E-state index in [1.165, 1.54) is 12.2 Å². The van der Waals surface area contributed by atoms with E-state index >= 15 is 0 Å². The Kier molecular flexibility index (Phi) is 8.42. The highest BCUT2D eigenvalue weighted by Gasteiger charge is 2.15. The van der Waals surface area contributed by atoms with Crippen LogP contribution in [0, 0.1) is 5.92 Å². The molecular weight excluding hydrogens is 200 g/mol. The first kappa shape index (κ1) is 13.7. The summed E-state index contributed by atoms with van der Waals surface area (Å²) in [6, 6.07) is 0. The Hall–Kier alpha value is 0.660. The van der Waals surface area contributed by atoms with Crippen LogP contribution in [0.1, 0.15) is 41.0 Å². The van der Waals surface area contributed by atoms with Crippen molar-refractivity contribution in [3.8, 4) is 0 Å². The minimum atomic E-state index is 0.335. The lowest BCUT2D eigenvalue weighted by Crippen LogP contribution is -2.19. The van der Waals surface area contributed by atoms with Crippen LogP contribution in [0.2, 0.25) is 0 Å². The van der Waals surface area contributed by atoms with Gasteiger partial charge in [0.1, 0.15) is 5.44 Å². The van der Waals surface area contributed by atoms with Crippen LogP contribution in [-0.2, 0) is 4.74 Å². The van der Waals surface area contributed by atoms with Crippen molar-refractivity contribution in [1.29, 1.82) is 0 Å². The van der Waals surface area contributed by atoms with Gasteiger partial charge in [-0.15, -0.1) is 0 Å². The molecule has 0 aromatic heterocycles. The topological polar surface area (TPSA) is 9.23 Å². The van der Waals surface area contributed by atoms with Crippen molar-refractivity contribution in [3.05, 3.63) is 0 Å². The quantitative estimate of drug-likeness (QED) is 0.363. The van der Waals surface area contributed by atoms with E-state index in [2.05, 4.69) is 34.6 Å². The van der Waals surface area contributed by atoms with E-state index in [0.29, 0.717) is 17.5 Å². The first-order chi connectivity index (χ1) is 6.07. The normalized spacial score (nSPS) is 14.1. The second-order valence-corrected chi connectivity index (χ2v) is 6.30. The third-order valence-corrected chi connectivity index (χ3v) is 4.43. The fourth-order valence-corrected chi connectivity index (χ4v) is 3.64. The average molecular weight is 222 g/mol. The zero-order chi connectivity index (χ0) is 10.3. The summed E-state index contributed by atoms with van der Waals surface area (Å²) < 4.78 is 5.80. The summed E-state index contributed by atoms with van der Waals surface area (Å²) in [5.74, 6) is 1.81. The van der Waals surface area contributed by atoms with Crippen molar-refractivity contribution in [2.75, 3.05) is 5.75 Å². The summed E-state index contributed by atoms with van der Waals surface area (Å²) in [5, 5.41) is 0. The summed E-state index contributed by atoms with van der Waals surface area (Å²) >= 11 is 0. The maximum atomic E-state index is 5.80. The Bertz CT molecular complexity index is 115. The van der Waals surface area contributed by atoms with Crippen LogP contribution in [0.4, 0.5) is 0 Å². The fraction of sp³-hybridized carbons (Fsp3) is 1.00. The minimum Gasteiger partial charge on any atom is -0.364 e. The molecule has 0 aliphatic rings. The van der Waals surface area contributed by atoms with Crippen LogP contribution in [-0.4, -0.2) is 17.3 Å². The number of ether oxygens (including phenoxy) is 1. The van der Waals surface area contributed by atoms with Gasteiger partial charge in [-0.05, 0) is 26.2 Å². The molecule has 0 saturated carbocycles. The van der Waals surface area contributed by atoms with Crippen molar-refractivity contribution < 1.29 is 4.74 Å². The molecule has 1 nitrogen and oxygen atoms in total. The van der Waals surface area contributed by atoms with Crippen LogP contribution in [0.15, 0.2) is 0 Å². The molecule has 0 saturated heterocycles. The predicted molar refractivity (Wildman–Crippen MR) is 65.2 cm³/mol. The largest absolute Gasteiger partial charge is 0.364 e. The lowest BCUT2D eigenvalue weighted by Gasteiger charge is -2.22. The van der Waals surface area contributed by atoms with Crippen molar-refractivity contribution >= 4 is 21.6 Å². The van der Waals surface area contributed by atoms with Crippen molar-refractivity contribution in [1.82, 2.24) is 0 Å². The summed E-state index contributed by atoms with van der Waals surface area (Å²) in [5.41, 5.74) is 0.344. The molecule has 0 aliphatic carbocycles. The lowest BCUT2D eigenvalue weighted by atomic mass is 10.2. The number of rotatable bonds is 7. The van der Waals surface area contributed by atoms with Crippen LogP contribution < -0.4 is 0 Å². The molecule has 3 heteroatoms. The van der Waals surface area contributed by atoms with Gasteiger partial charge in [0.05, 0.1) is 6.10 Å². The SMILES string of the molecule is CCCSSC(OC(C)C)C(C)C. The highest BCUT2D eigenvalue weighted by molar-refractivity contribution is 8.76. The standard InChI is InChI=1S/C10H22OS2/c1-6-7-12-13-10(8(2)3)11-9(4)5/h8-10H,6-7H2,1-5H3. The molecule has 0 fully saturated rings. The summed E-state index contributed by atoms with van der Waals surface area (Å²) in [4.78, 5) is 0. The maximum absolute atomic E-state index is 5.80. The van der Waals surface area contributed by atoms with Crippen LogP contribution in [0.5, 0.6) is 0 Å². The second kappa shape index (κ2) is 8.01. The van der Waals surface area contributed by atoms with Crippen molar-refractivity contribution in [2.24, 2.45) is 5.92 Å². The Labute approximate surface area is 90.8 Å². The highest BCUT2D eigenvalue weighted by atomic mass is 33.1. The molecule has 13 heavy (non-hydrogen) atoms. The highest BCUT2D eigenvalue weighted by Crippen LogP contribution is 2.32. The molecule has 1 unspecified atom stereocenters. The smallest absolute Gasteiger partial charge is 0.115 e. The van der Waals surface area contributed by atoms with Gasteiger partial charge in [0.15, 0.2) is 0 Å². The van der Waals surface area contributed by atoms with Gasteiger partial charge in [-0.25, -0.2) is 0 Å². The molecule has 0 N–H and O–H groups in total. The summed E-state index contributed by atoms with van der Waals surface area (Å²) in [7, 11) is 3.80. The molecule has 1 atom stereocenters. The van der Waals surface area contributed by atoms with Crippen LogP contribution in [0.25, 0.3) is 0 Å². The third-order valence-electron chi connectivity index (χ3n) is 1.40. The van der Waals surface area contributed by atoms with Gasteiger partial charge >= 0.3 is 0 Å². The molecule has 0 aromatic carbocycles. The monoisotopic (exact) mass is 222 g/mol. The van der Waals surface area contributed by atoms with Gasteiger partial charge in [0.25, 0.3) is 0 Å². The number of hydrogen-bond donors (Lipinski definition) is 0. The minimum absolute atomic E-state index is 0.335. The molecule has 0 amide bonds. The van der Waals surface area contributed by atoms with Crippen LogP contribution >= 0.6 is 21.6 Å². The van der Waals surface area contributed by atoms with E-state index in [9.17, 15) is 0 Å².